The van der Waals surface area contributed by atoms with Crippen LogP contribution in [0.15, 0.2) is 17.0 Å². The summed E-state index contributed by atoms with van der Waals surface area (Å²) in [5.74, 6) is -0.994. The first kappa shape index (κ1) is 13.1. The minimum Gasteiger partial charge on any atom is -0.492 e. The molecule has 0 radical (unpaired) electrons. The summed E-state index contributed by atoms with van der Waals surface area (Å²) >= 11 is 0. The molecule has 0 unspecified atom stereocenters. The van der Waals surface area contributed by atoms with Crippen LogP contribution < -0.4 is 10.5 Å². The molecule has 2 N–H and O–H groups in total. The van der Waals surface area contributed by atoms with E-state index in [4.69, 9.17) is 15.3 Å². The molecule has 1 aromatic carbocycles. The molecule has 0 bridgehead atoms. The molecule has 18 heavy (non-hydrogen) atoms. The molecular weight excluding hydrogens is 263 g/mol. The lowest BCUT2D eigenvalue weighted by Gasteiger charge is -2.15. The number of hydrogen-bond acceptors (Lipinski definition) is 5. The Bertz CT molecular complexity index is 532. The van der Waals surface area contributed by atoms with Gasteiger partial charge in [-0.15, -0.1) is 0 Å². The van der Waals surface area contributed by atoms with Crippen molar-refractivity contribution in [1.82, 2.24) is 4.47 Å². The van der Waals surface area contributed by atoms with Gasteiger partial charge in [0, 0.05) is 6.54 Å². The van der Waals surface area contributed by atoms with Gasteiger partial charge in [-0.05, 0) is 18.6 Å². The van der Waals surface area contributed by atoms with Gasteiger partial charge in [0.1, 0.15) is 0 Å². The van der Waals surface area contributed by atoms with Gasteiger partial charge in [-0.2, -0.15) is 0 Å². The summed E-state index contributed by atoms with van der Waals surface area (Å²) < 4.78 is 43.3. The number of hydroxylamine groups is 1. The molecule has 6 nitrogen and oxygen atoms in total. The number of sulfonamides is 1. The molecule has 0 amide bonds. The topological polar surface area (TPSA) is 81.9 Å². The van der Waals surface area contributed by atoms with E-state index in [0.717, 1.165) is 16.6 Å². The second-order valence-electron chi connectivity index (χ2n) is 3.75. The lowest BCUT2D eigenvalue weighted by molar-refractivity contribution is -0.0284. The molecule has 1 aliphatic rings. The zero-order chi connectivity index (χ0) is 13.3. The monoisotopic (exact) mass is 276 g/mol. The number of methoxy groups -OCH3 is 1. The third-order valence-corrected chi connectivity index (χ3v) is 4.19. The lowest BCUT2D eigenvalue weighted by Crippen LogP contribution is -2.27. The molecule has 1 fully saturated rings. The maximum atomic E-state index is 13.6. The SMILES string of the molecule is COc1c(N)cc(S(=O)(=O)N2CCCO2)cc1F. The molecule has 8 heteroatoms. The Kier molecular flexibility index (Phi) is 3.42. The van der Waals surface area contributed by atoms with Crippen LogP contribution in [-0.2, 0) is 14.9 Å². The molecule has 1 saturated heterocycles. The van der Waals surface area contributed by atoms with Crippen molar-refractivity contribution in [3.05, 3.63) is 17.9 Å². The fourth-order valence-electron chi connectivity index (χ4n) is 1.68. The summed E-state index contributed by atoms with van der Waals surface area (Å²) in [6.45, 7) is 0.573. The van der Waals surface area contributed by atoms with E-state index < -0.39 is 15.8 Å². The summed E-state index contributed by atoms with van der Waals surface area (Å²) in [6, 6.07) is 2.02. The smallest absolute Gasteiger partial charge is 0.265 e. The van der Waals surface area contributed by atoms with Crippen LogP contribution in [0.2, 0.25) is 0 Å². The lowest BCUT2D eigenvalue weighted by atomic mass is 10.3. The van der Waals surface area contributed by atoms with Gasteiger partial charge in [0.2, 0.25) is 0 Å². The molecule has 0 aromatic heterocycles. The number of benzene rings is 1. The Morgan fingerprint density at radius 2 is 2.22 bits per heavy atom. The number of hydrogen-bond donors (Lipinski definition) is 1. The Labute approximate surface area is 104 Å². The summed E-state index contributed by atoms with van der Waals surface area (Å²) in [6.07, 6.45) is 0.605. The van der Waals surface area contributed by atoms with Gasteiger partial charge in [0.25, 0.3) is 10.0 Å². The van der Waals surface area contributed by atoms with Crippen LogP contribution >= 0.6 is 0 Å². The van der Waals surface area contributed by atoms with Gasteiger partial charge < -0.3 is 10.5 Å². The van der Waals surface area contributed by atoms with Crippen molar-refractivity contribution in [2.24, 2.45) is 0 Å². The number of anilines is 1. The standard InChI is InChI=1S/C10H13FN2O4S/c1-16-10-8(11)5-7(6-9(10)12)18(14,15)13-3-2-4-17-13/h5-6H,2-4,12H2,1H3. The molecule has 0 atom stereocenters. The Morgan fingerprint density at radius 3 is 2.72 bits per heavy atom. The maximum Gasteiger partial charge on any atom is 0.265 e. The van der Waals surface area contributed by atoms with Gasteiger partial charge in [-0.1, -0.05) is 4.47 Å². The predicted molar refractivity (Wildman–Crippen MR) is 61.8 cm³/mol. The number of rotatable bonds is 3. The second-order valence-corrected chi connectivity index (χ2v) is 5.57. The average molecular weight is 276 g/mol. The minimum atomic E-state index is -3.87. The van der Waals surface area contributed by atoms with E-state index in [1.165, 1.54) is 7.11 Å². The second kappa shape index (κ2) is 4.71. The highest BCUT2D eigenvalue weighted by Crippen LogP contribution is 2.30. The van der Waals surface area contributed by atoms with Crippen molar-refractivity contribution in [2.45, 2.75) is 11.3 Å². The van der Waals surface area contributed by atoms with Crippen LogP contribution in [-0.4, -0.2) is 33.1 Å². The minimum absolute atomic E-state index is 0.0738. The summed E-state index contributed by atoms with van der Waals surface area (Å²) in [5.41, 5.74) is 5.47. The van der Waals surface area contributed by atoms with E-state index in [1.807, 2.05) is 0 Å². The number of nitrogens with two attached hydrogens (primary N) is 1. The number of nitrogen functional groups attached to an aromatic ring is 1. The van der Waals surface area contributed by atoms with Crippen molar-refractivity contribution in [3.63, 3.8) is 0 Å². The summed E-state index contributed by atoms with van der Waals surface area (Å²) in [7, 11) is -2.62. The number of nitrogens with zero attached hydrogens (tertiary/aromatic N) is 1. The van der Waals surface area contributed by atoms with E-state index >= 15 is 0 Å². The Hall–Kier alpha value is -1.38. The number of ether oxygens (including phenoxy) is 1. The highest BCUT2D eigenvalue weighted by Gasteiger charge is 2.30. The van der Waals surface area contributed by atoms with Crippen molar-refractivity contribution in [3.8, 4) is 5.75 Å². The largest absolute Gasteiger partial charge is 0.492 e. The zero-order valence-corrected chi connectivity index (χ0v) is 10.5. The Balaban J connectivity index is 2.45. The average Bonchev–Trinajstić information content (AvgIpc) is 2.82. The third-order valence-electron chi connectivity index (χ3n) is 2.54. The maximum absolute atomic E-state index is 13.6. The van der Waals surface area contributed by atoms with Crippen molar-refractivity contribution in [1.29, 1.82) is 0 Å². The summed E-state index contributed by atoms with van der Waals surface area (Å²) in [5, 5.41) is 0. The summed E-state index contributed by atoms with van der Waals surface area (Å²) in [4.78, 5) is 4.71. The normalized spacial score (nSPS) is 17.0. The van der Waals surface area contributed by atoms with Crippen LogP contribution in [0.1, 0.15) is 6.42 Å². The van der Waals surface area contributed by atoms with E-state index in [-0.39, 0.29) is 22.9 Å². The molecule has 1 aromatic rings. The van der Waals surface area contributed by atoms with Gasteiger partial charge >= 0.3 is 0 Å². The first-order valence-electron chi connectivity index (χ1n) is 5.25. The van der Waals surface area contributed by atoms with Crippen molar-refractivity contribution >= 4 is 15.7 Å². The molecule has 0 aliphatic carbocycles. The Morgan fingerprint density at radius 1 is 1.50 bits per heavy atom. The fraction of sp³-hybridized carbons (Fsp3) is 0.400. The van der Waals surface area contributed by atoms with E-state index in [1.54, 1.807) is 0 Å². The third kappa shape index (κ3) is 2.14. The van der Waals surface area contributed by atoms with Crippen LogP contribution in [0.3, 0.4) is 0 Å². The quantitative estimate of drug-likeness (QED) is 0.823. The highest BCUT2D eigenvalue weighted by molar-refractivity contribution is 7.89. The van der Waals surface area contributed by atoms with Gasteiger partial charge in [0.15, 0.2) is 11.6 Å². The first-order valence-corrected chi connectivity index (χ1v) is 6.69. The van der Waals surface area contributed by atoms with Crippen molar-refractivity contribution < 1.29 is 22.4 Å². The molecule has 1 aliphatic heterocycles. The van der Waals surface area contributed by atoms with E-state index in [9.17, 15) is 12.8 Å². The zero-order valence-electron chi connectivity index (χ0n) is 9.72. The van der Waals surface area contributed by atoms with Gasteiger partial charge in [-0.25, -0.2) is 12.8 Å². The highest BCUT2D eigenvalue weighted by atomic mass is 32.2. The molecular formula is C10H13FN2O4S. The van der Waals surface area contributed by atoms with E-state index in [2.05, 4.69) is 0 Å². The first-order chi connectivity index (χ1) is 8.46. The van der Waals surface area contributed by atoms with Crippen LogP contribution in [0.4, 0.5) is 10.1 Å². The van der Waals surface area contributed by atoms with Gasteiger partial charge in [-0.3, -0.25) is 4.84 Å². The molecule has 1 heterocycles. The van der Waals surface area contributed by atoms with E-state index in [0.29, 0.717) is 13.0 Å². The molecule has 100 valence electrons. The van der Waals surface area contributed by atoms with Crippen molar-refractivity contribution in [2.75, 3.05) is 26.0 Å². The van der Waals surface area contributed by atoms with Crippen LogP contribution in [0.5, 0.6) is 5.75 Å². The molecule has 0 saturated carbocycles. The van der Waals surface area contributed by atoms with Crippen LogP contribution in [0, 0.1) is 5.82 Å². The number of halogens is 1. The molecule has 2 rings (SSSR count). The van der Waals surface area contributed by atoms with Gasteiger partial charge in [0.05, 0.1) is 24.3 Å². The molecule has 0 spiro atoms. The van der Waals surface area contributed by atoms with Crippen LogP contribution in [0.25, 0.3) is 0 Å². The predicted octanol–water partition coefficient (Wildman–Crippen LogP) is 0.743. The fourth-order valence-corrected chi connectivity index (χ4v) is 3.03.